The van der Waals surface area contributed by atoms with Gasteiger partial charge in [-0.05, 0) is 24.3 Å². The highest BCUT2D eigenvalue weighted by molar-refractivity contribution is 7.99. The Hall–Kier alpha value is -1.03. The van der Waals surface area contributed by atoms with E-state index < -0.39 is 0 Å². The summed E-state index contributed by atoms with van der Waals surface area (Å²) in [4.78, 5) is 2.07. The number of nitrogens with two attached hydrogens (primary N) is 2. The molecule has 0 aliphatic heterocycles. The van der Waals surface area contributed by atoms with Gasteiger partial charge in [0, 0.05) is 21.2 Å². The smallest absolute Gasteiger partial charge is 0.0455 e. The summed E-state index contributed by atoms with van der Waals surface area (Å²) in [5.41, 5.74) is 13.3. The van der Waals surface area contributed by atoms with Crippen LogP contribution in [-0.2, 0) is 0 Å². The molecule has 2 rings (SSSR count). The van der Waals surface area contributed by atoms with Gasteiger partial charge in [0.05, 0.1) is 0 Å². The maximum absolute atomic E-state index is 5.86. The van der Waals surface area contributed by atoms with Gasteiger partial charge in [0.15, 0.2) is 0 Å². The SMILES string of the molecule is Cl.Cl.Nc1ccccc1Sc1ccccc1N. The molecule has 0 bridgehead atoms. The van der Waals surface area contributed by atoms with Crippen LogP contribution in [0.1, 0.15) is 0 Å². The lowest BCUT2D eigenvalue weighted by atomic mass is 10.3. The van der Waals surface area contributed by atoms with Gasteiger partial charge >= 0.3 is 0 Å². The Kier molecular flexibility index (Phi) is 6.88. The quantitative estimate of drug-likeness (QED) is 0.826. The van der Waals surface area contributed by atoms with Gasteiger partial charge in [-0.2, -0.15) is 0 Å². The van der Waals surface area contributed by atoms with E-state index in [2.05, 4.69) is 0 Å². The number of hydrogen-bond acceptors (Lipinski definition) is 3. The summed E-state index contributed by atoms with van der Waals surface area (Å²) in [5, 5.41) is 0. The predicted octanol–water partition coefficient (Wildman–Crippen LogP) is 3.85. The third kappa shape index (κ3) is 4.04. The lowest BCUT2D eigenvalue weighted by Crippen LogP contribution is -1.90. The lowest BCUT2D eigenvalue weighted by molar-refractivity contribution is 1.41. The molecule has 0 aliphatic rings. The molecule has 2 aromatic carbocycles. The second kappa shape index (κ2) is 7.33. The topological polar surface area (TPSA) is 52.0 Å². The molecule has 0 aliphatic carbocycles. The summed E-state index contributed by atoms with van der Waals surface area (Å²) in [5.74, 6) is 0. The average molecular weight is 289 g/mol. The van der Waals surface area contributed by atoms with Gasteiger partial charge in [0.1, 0.15) is 0 Å². The van der Waals surface area contributed by atoms with E-state index in [0.29, 0.717) is 0 Å². The van der Waals surface area contributed by atoms with Gasteiger partial charge < -0.3 is 11.5 Å². The minimum Gasteiger partial charge on any atom is -0.398 e. The van der Waals surface area contributed by atoms with E-state index in [-0.39, 0.29) is 24.8 Å². The highest BCUT2D eigenvalue weighted by Gasteiger charge is 2.02. The normalized spacial score (nSPS) is 8.94. The van der Waals surface area contributed by atoms with Crippen molar-refractivity contribution < 1.29 is 0 Å². The van der Waals surface area contributed by atoms with Gasteiger partial charge in [-0.25, -0.2) is 0 Å². The molecule has 2 aromatic rings. The van der Waals surface area contributed by atoms with Crippen LogP contribution in [0.2, 0.25) is 0 Å². The molecule has 0 heterocycles. The summed E-state index contributed by atoms with van der Waals surface area (Å²) in [6.07, 6.45) is 0. The number of rotatable bonds is 2. The zero-order valence-corrected chi connectivity index (χ0v) is 11.4. The third-order valence-corrected chi connectivity index (χ3v) is 3.24. The number of anilines is 2. The molecule has 5 heteroatoms. The van der Waals surface area contributed by atoms with E-state index in [1.807, 2.05) is 48.5 Å². The van der Waals surface area contributed by atoms with Crippen LogP contribution in [-0.4, -0.2) is 0 Å². The first-order chi connectivity index (χ1) is 7.27. The van der Waals surface area contributed by atoms with E-state index in [9.17, 15) is 0 Å². The fourth-order valence-electron chi connectivity index (χ4n) is 1.27. The monoisotopic (exact) mass is 288 g/mol. The fraction of sp³-hybridized carbons (Fsp3) is 0. The molecule has 0 aromatic heterocycles. The highest BCUT2D eigenvalue weighted by atomic mass is 35.5. The molecule has 92 valence electrons. The number of benzene rings is 2. The third-order valence-electron chi connectivity index (χ3n) is 2.06. The summed E-state index contributed by atoms with van der Waals surface area (Å²) >= 11 is 1.59. The molecule has 17 heavy (non-hydrogen) atoms. The first-order valence-electron chi connectivity index (χ1n) is 4.64. The Morgan fingerprint density at radius 3 is 1.35 bits per heavy atom. The Morgan fingerprint density at radius 1 is 0.647 bits per heavy atom. The van der Waals surface area contributed by atoms with Crippen LogP contribution in [0.3, 0.4) is 0 Å². The van der Waals surface area contributed by atoms with E-state index >= 15 is 0 Å². The number of hydrogen-bond donors (Lipinski definition) is 2. The van der Waals surface area contributed by atoms with Gasteiger partial charge in [0.2, 0.25) is 0 Å². The molecule has 0 spiro atoms. The van der Waals surface area contributed by atoms with Crippen LogP contribution < -0.4 is 11.5 Å². The Balaban J connectivity index is 0.00000128. The maximum Gasteiger partial charge on any atom is 0.0455 e. The lowest BCUT2D eigenvalue weighted by Gasteiger charge is -2.06. The van der Waals surface area contributed by atoms with Crippen molar-refractivity contribution >= 4 is 48.0 Å². The summed E-state index contributed by atoms with van der Waals surface area (Å²) in [6.45, 7) is 0. The zero-order chi connectivity index (χ0) is 10.7. The second-order valence-electron chi connectivity index (χ2n) is 3.18. The Bertz CT molecular complexity index is 434. The minimum atomic E-state index is 0. The molecule has 0 fully saturated rings. The summed E-state index contributed by atoms with van der Waals surface area (Å²) in [6, 6.07) is 15.6. The van der Waals surface area contributed by atoms with Gasteiger partial charge in [-0.1, -0.05) is 36.0 Å². The van der Waals surface area contributed by atoms with Crippen LogP contribution in [0.25, 0.3) is 0 Å². The molecule has 0 radical (unpaired) electrons. The van der Waals surface area contributed by atoms with Crippen LogP contribution in [0.4, 0.5) is 11.4 Å². The summed E-state index contributed by atoms with van der Waals surface area (Å²) < 4.78 is 0. The van der Waals surface area contributed by atoms with Crippen molar-refractivity contribution in [3.05, 3.63) is 48.5 Å². The number of nitrogen functional groups attached to an aromatic ring is 2. The first-order valence-corrected chi connectivity index (χ1v) is 5.46. The van der Waals surface area contributed by atoms with E-state index in [1.165, 1.54) is 0 Å². The molecular weight excluding hydrogens is 275 g/mol. The average Bonchev–Trinajstić information content (AvgIpc) is 2.24. The molecule has 0 atom stereocenters. The molecule has 0 unspecified atom stereocenters. The predicted molar refractivity (Wildman–Crippen MR) is 80.3 cm³/mol. The van der Waals surface area contributed by atoms with Crippen molar-refractivity contribution in [2.45, 2.75) is 9.79 Å². The number of halogens is 2. The number of para-hydroxylation sites is 2. The highest BCUT2D eigenvalue weighted by Crippen LogP contribution is 2.34. The van der Waals surface area contributed by atoms with E-state index in [0.717, 1.165) is 21.2 Å². The van der Waals surface area contributed by atoms with Crippen LogP contribution in [0.15, 0.2) is 58.3 Å². The van der Waals surface area contributed by atoms with E-state index in [1.54, 1.807) is 11.8 Å². The van der Waals surface area contributed by atoms with Crippen molar-refractivity contribution in [1.82, 2.24) is 0 Å². The van der Waals surface area contributed by atoms with Crippen LogP contribution in [0.5, 0.6) is 0 Å². The minimum absolute atomic E-state index is 0. The van der Waals surface area contributed by atoms with Crippen molar-refractivity contribution in [2.75, 3.05) is 11.5 Å². The molecule has 0 amide bonds. The van der Waals surface area contributed by atoms with Crippen LogP contribution >= 0.6 is 36.6 Å². The van der Waals surface area contributed by atoms with Crippen molar-refractivity contribution in [3.8, 4) is 0 Å². The van der Waals surface area contributed by atoms with Gasteiger partial charge in [-0.15, -0.1) is 24.8 Å². The fourth-order valence-corrected chi connectivity index (χ4v) is 2.17. The van der Waals surface area contributed by atoms with Gasteiger partial charge in [0.25, 0.3) is 0 Å². The van der Waals surface area contributed by atoms with Crippen LogP contribution in [0, 0.1) is 0 Å². The second-order valence-corrected chi connectivity index (χ2v) is 4.26. The standard InChI is InChI=1S/C12H12N2S.2ClH/c13-9-5-1-3-7-11(9)15-12-8-4-2-6-10(12)14;;/h1-8H,13-14H2;2*1H. The van der Waals surface area contributed by atoms with Crippen molar-refractivity contribution in [2.24, 2.45) is 0 Å². The largest absolute Gasteiger partial charge is 0.398 e. The Labute approximate surface area is 118 Å². The van der Waals surface area contributed by atoms with Gasteiger partial charge in [-0.3, -0.25) is 0 Å². The zero-order valence-electron chi connectivity index (χ0n) is 9.00. The summed E-state index contributed by atoms with van der Waals surface area (Å²) in [7, 11) is 0. The molecule has 0 saturated carbocycles. The molecule has 2 nitrogen and oxygen atoms in total. The first kappa shape index (κ1) is 16.0. The van der Waals surface area contributed by atoms with E-state index in [4.69, 9.17) is 11.5 Å². The maximum atomic E-state index is 5.86. The molecule has 4 N–H and O–H groups in total. The van der Waals surface area contributed by atoms with Crippen molar-refractivity contribution in [3.63, 3.8) is 0 Å². The molecule has 0 saturated heterocycles. The van der Waals surface area contributed by atoms with Crippen molar-refractivity contribution in [1.29, 1.82) is 0 Å². The molecular formula is C12H14Cl2N2S. The Morgan fingerprint density at radius 2 is 1.00 bits per heavy atom.